The lowest BCUT2D eigenvalue weighted by Gasteiger charge is -2.30. The van der Waals surface area contributed by atoms with Crippen LogP contribution in [-0.2, 0) is 4.79 Å². The van der Waals surface area contributed by atoms with E-state index in [4.69, 9.17) is 5.73 Å². The highest BCUT2D eigenvalue weighted by molar-refractivity contribution is 8.06. The van der Waals surface area contributed by atoms with Gasteiger partial charge in [-0.05, 0) is 12.8 Å². The van der Waals surface area contributed by atoms with Gasteiger partial charge in [-0.15, -0.1) is 12.4 Å². The molecule has 6 heteroatoms. The van der Waals surface area contributed by atoms with Gasteiger partial charge in [0, 0.05) is 35.6 Å². The molecule has 0 spiro atoms. The second-order valence-corrected chi connectivity index (χ2v) is 7.03. The van der Waals surface area contributed by atoms with E-state index in [0.29, 0.717) is 11.8 Å². The Morgan fingerprint density at radius 2 is 2.06 bits per heavy atom. The Hall–Kier alpha value is 0.420. The van der Waals surface area contributed by atoms with Crippen molar-refractivity contribution in [3.05, 3.63) is 0 Å². The second kappa shape index (κ2) is 9.34. The van der Waals surface area contributed by atoms with Crippen LogP contribution in [0.15, 0.2) is 0 Å². The third-order valence-electron chi connectivity index (χ3n) is 3.60. The van der Waals surface area contributed by atoms with Gasteiger partial charge in [0.2, 0.25) is 5.91 Å². The van der Waals surface area contributed by atoms with Crippen molar-refractivity contribution in [2.24, 2.45) is 11.1 Å². The van der Waals surface area contributed by atoms with E-state index in [9.17, 15) is 4.79 Å². The summed E-state index contributed by atoms with van der Waals surface area (Å²) in [5.74, 6) is 3.74. The average molecular weight is 313 g/mol. The van der Waals surface area contributed by atoms with Gasteiger partial charge in [-0.2, -0.15) is 23.5 Å². The van der Waals surface area contributed by atoms with Gasteiger partial charge in [0.05, 0.1) is 5.41 Å². The van der Waals surface area contributed by atoms with Crippen LogP contribution in [0.2, 0.25) is 0 Å². The number of hydrogen-bond donors (Lipinski definition) is 2. The first-order valence-electron chi connectivity index (χ1n) is 6.36. The van der Waals surface area contributed by atoms with Gasteiger partial charge in [0.1, 0.15) is 0 Å². The van der Waals surface area contributed by atoms with Crippen molar-refractivity contribution in [2.75, 3.05) is 30.3 Å². The summed E-state index contributed by atoms with van der Waals surface area (Å²) < 4.78 is 0. The molecule has 0 saturated carbocycles. The van der Waals surface area contributed by atoms with Crippen molar-refractivity contribution in [3.63, 3.8) is 0 Å². The van der Waals surface area contributed by atoms with E-state index in [0.717, 1.165) is 25.1 Å². The summed E-state index contributed by atoms with van der Waals surface area (Å²) in [7, 11) is 0. The van der Waals surface area contributed by atoms with Crippen LogP contribution in [0, 0.1) is 5.41 Å². The van der Waals surface area contributed by atoms with Crippen molar-refractivity contribution in [1.82, 2.24) is 5.32 Å². The van der Waals surface area contributed by atoms with Gasteiger partial charge < -0.3 is 11.1 Å². The Balaban J connectivity index is 0.00000289. The molecule has 0 aromatic carbocycles. The fourth-order valence-corrected chi connectivity index (χ4v) is 4.61. The molecule has 1 atom stereocenters. The highest BCUT2D eigenvalue weighted by Gasteiger charge is 2.33. The quantitative estimate of drug-likeness (QED) is 0.789. The fourth-order valence-electron chi connectivity index (χ4n) is 2.00. The lowest BCUT2D eigenvalue weighted by molar-refractivity contribution is -0.130. The van der Waals surface area contributed by atoms with Gasteiger partial charge >= 0.3 is 0 Å². The minimum Gasteiger partial charge on any atom is -0.354 e. The number of amides is 1. The Bertz CT molecular complexity index is 236. The van der Waals surface area contributed by atoms with Crippen LogP contribution in [-0.4, -0.2) is 41.5 Å². The molecule has 1 fully saturated rings. The summed E-state index contributed by atoms with van der Waals surface area (Å²) in [4.78, 5) is 12.2. The van der Waals surface area contributed by atoms with Gasteiger partial charge in [-0.25, -0.2) is 0 Å². The van der Waals surface area contributed by atoms with Crippen molar-refractivity contribution in [1.29, 1.82) is 0 Å². The molecule has 1 rings (SSSR count). The lowest BCUT2D eigenvalue weighted by Crippen LogP contribution is -2.47. The molecule has 1 aliphatic heterocycles. The third kappa shape index (κ3) is 4.83. The standard InChI is InChI=1S/C12H24N2OS2.ClH/c1-3-12(4-2,9-13)11(15)14-7-10-8-16-5-6-17-10;/h10H,3-9,13H2,1-2H3,(H,14,15);1H. The predicted octanol–water partition coefficient (Wildman–Crippen LogP) is 2.14. The van der Waals surface area contributed by atoms with Gasteiger partial charge in [0.25, 0.3) is 0 Å². The predicted molar refractivity (Wildman–Crippen MR) is 85.9 cm³/mol. The Labute approximate surface area is 125 Å². The van der Waals surface area contributed by atoms with E-state index >= 15 is 0 Å². The summed E-state index contributed by atoms with van der Waals surface area (Å²) in [5, 5.41) is 3.66. The maximum atomic E-state index is 12.2. The maximum Gasteiger partial charge on any atom is 0.227 e. The highest BCUT2D eigenvalue weighted by Crippen LogP contribution is 2.26. The molecule has 0 aliphatic carbocycles. The molecule has 1 saturated heterocycles. The summed E-state index contributed by atoms with van der Waals surface area (Å²) in [6.45, 7) is 5.32. The van der Waals surface area contributed by atoms with E-state index in [-0.39, 0.29) is 23.7 Å². The number of halogens is 1. The number of nitrogens with two attached hydrogens (primary N) is 1. The smallest absolute Gasteiger partial charge is 0.227 e. The molecule has 3 nitrogen and oxygen atoms in total. The topological polar surface area (TPSA) is 55.1 Å². The van der Waals surface area contributed by atoms with Crippen LogP contribution in [0.5, 0.6) is 0 Å². The normalized spacial score (nSPS) is 20.1. The van der Waals surface area contributed by atoms with Crippen molar-refractivity contribution in [2.45, 2.75) is 31.9 Å². The summed E-state index contributed by atoms with van der Waals surface area (Å²) in [6, 6.07) is 0. The Kier molecular flexibility index (Phi) is 9.56. The van der Waals surface area contributed by atoms with Crippen molar-refractivity contribution in [3.8, 4) is 0 Å². The highest BCUT2D eigenvalue weighted by atomic mass is 35.5. The molecule has 0 aromatic rings. The molecule has 18 heavy (non-hydrogen) atoms. The van der Waals surface area contributed by atoms with Crippen LogP contribution >= 0.6 is 35.9 Å². The van der Waals surface area contributed by atoms with Crippen LogP contribution in [0.25, 0.3) is 0 Å². The van der Waals surface area contributed by atoms with E-state index in [2.05, 4.69) is 5.32 Å². The number of nitrogens with one attached hydrogen (secondary N) is 1. The van der Waals surface area contributed by atoms with Gasteiger partial charge in [0.15, 0.2) is 0 Å². The first kappa shape index (κ1) is 18.4. The number of rotatable bonds is 6. The van der Waals surface area contributed by atoms with Crippen LogP contribution in [0.1, 0.15) is 26.7 Å². The van der Waals surface area contributed by atoms with Crippen molar-refractivity contribution < 1.29 is 4.79 Å². The van der Waals surface area contributed by atoms with Crippen LogP contribution in [0.3, 0.4) is 0 Å². The summed E-state index contributed by atoms with van der Waals surface area (Å²) in [5.41, 5.74) is 5.41. The molecular weight excluding hydrogens is 288 g/mol. The van der Waals surface area contributed by atoms with E-state index < -0.39 is 0 Å². The molecule has 0 bridgehead atoms. The van der Waals surface area contributed by atoms with Gasteiger partial charge in [-0.1, -0.05) is 13.8 Å². The molecule has 1 aliphatic rings. The lowest BCUT2D eigenvalue weighted by atomic mass is 9.81. The number of hydrogen-bond acceptors (Lipinski definition) is 4. The molecule has 108 valence electrons. The fraction of sp³-hybridized carbons (Fsp3) is 0.917. The maximum absolute atomic E-state index is 12.2. The molecular formula is C12H25ClN2OS2. The molecule has 1 unspecified atom stereocenters. The third-order valence-corrected chi connectivity index (χ3v) is 6.45. The first-order chi connectivity index (χ1) is 8.18. The first-order valence-corrected chi connectivity index (χ1v) is 8.56. The number of carbonyl (C=O) groups is 1. The number of carbonyl (C=O) groups excluding carboxylic acids is 1. The zero-order valence-electron chi connectivity index (χ0n) is 11.2. The van der Waals surface area contributed by atoms with Gasteiger partial charge in [-0.3, -0.25) is 4.79 Å². The summed E-state index contributed by atoms with van der Waals surface area (Å²) >= 11 is 3.95. The van der Waals surface area contributed by atoms with E-state index in [1.807, 2.05) is 37.4 Å². The minimum atomic E-state index is -0.355. The zero-order valence-corrected chi connectivity index (χ0v) is 13.7. The number of thioether (sulfide) groups is 2. The SMILES string of the molecule is CCC(CC)(CN)C(=O)NCC1CSCCS1.Cl. The average Bonchev–Trinajstić information content (AvgIpc) is 2.40. The largest absolute Gasteiger partial charge is 0.354 e. The molecule has 0 aromatic heterocycles. The Morgan fingerprint density at radius 3 is 2.50 bits per heavy atom. The zero-order chi connectivity index (χ0) is 12.7. The van der Waals surface area contributed by atoms with Crippen LogP contribution in [0.4, 0.5) is 0 Å². The van der Waals surface area contributed by atoms with E-state index in [1.54, 1.807) is 0 Å². The minimum absolute atomic E-state index is 0. The second-order valence-electron chi connectivity index (χ2n) is 4.47. The monoisotopic (exact) mass is 312 g/mol. The van der Waals surface area contributed by atoms with Crippen molar-refractivity contribution >= 4 is 41.8 Å². The molecule has 1 amide bonds. The molecule has 1 heterocycles. The Morgan fingerprint density at radius 1 is 1.39 bits per heavy atom. The summed E-state index contributed by atoms with van der Waals surface area (Å²) in [6.07, 6.45) is 1.64. The van der Waals surface area contributed by atoms with E-state index in [1.165, 1.54) is 11.5 Å². The molecule has 0 radical (unpaired) electrons. The molecule has 3 N–H and O–H groups in total. The van der Waals surface area contributed by atoms with Crippen LogP contribution < -0.4 is 11.1 Å².